The predicted octanol–water partition coefficient (Wildman–Crippen LogP) is -4.74. The van der Waals surface area contributed by atoms with Gasteiger partial charge >= 0.3 is 5.97 Å². The quantitative estimate of drug-likeness (QED) is 0.169. The van der Waals surface area contributed by atoms with Crippen molar-refractivity contribution in [3.05, 3.63) is 12.7 Å². The second-order valence-electron chi connectivity index (χ2n) is 2.68. The van der Waals surface area contributed by atoms with Crippen molar-refractivity contribution >= 4 is 45.7 Å². The molecule has 0 unspecified atom stereocenters. The Hall–Kier alpha value is -0.0425. The van der Waals surface area contributed by atoms with Gasteiger partial charge in [-0.15, -0.1) is 0 Å². The van der Waals surface area contributed by atoms with Crippen molar-refractivity contribution in [3.63, 3.8) is 0 Å². The predicted molar refractivity (Wildman–Crippen MR) is 70.9 cm³/mol. The highest BCUT2D eigenvalue weighted by Crippen LogP contribution is 1.82. The van der Waals surface area contributed by atoms with Gasteiger partial charge in [0.2, 0.25) is 0 Å². The highest BCUT2D eigenvalue weighted by molar-refractivity contribution is 6.57. The summed E-state index contributed by atoms with van der Waals surface area (Å²) in [6, 6.07) is 1.00. The van der Waals surface area contributed by atoms with Gasteiger partial charge in [0.25, 0.3) is 0 Å². The number of ether oxygens (including phenoxy) is 1. The molecule has 0 aliphatic heterocycles. The average molecular weight is 266 g/mol. The molecule has 0 aliphatic rings. The first-order valence-corrected chi connectivity index (χ1v) is 10.2. The second kappa shape index (κ2) is 11.0. The van der Waals surface area contributed by atoms with Crippen LogP contribution in [0.15, 0.2) is 12.7 Å². The summed E-state index contributed by atoms with van der Waals surface area (Å²) in [6.45, 7) is 3.86. The summed E-state index contributed by atoms with van der Waals surface area (Å²) in [4.78, 5) is 10.6. The van der Waals surface area contributed by atoms with Gasteiger partial charge in [-0.25, -0.2) is 4.79 Å². The standard InChI is InChI=1S/C5H19N3O2Si4/c1-2-5(9)10-3-4-12-7-14-8-13-6-11/h2,6-8H,1,3-4,12-14H2,11H3. The van der Waals surface area contributed by atoms with Gasteiger partial charge in [-0.2, -0.15) is 0 Å². The molecule has 0 radical (unpaired) electrons. The van der Waals surface area contributed by atoms with E-state index < -0.39 is 0 Å². The van der Waals surface area contributed by atoms with Crippen LogP contribution in [-0.4, -0.2) is 52.3 Å². The highest BCUT2D eigenvalue weighted by Gasteiger charge is 1.94. The van der Waals surface area contributed by atoms with Crippen molar-refractivity contribution in [2.45, 2.75) is 6.04 Å². The Bertz CT molecular complexity index is 171. The molecular weight excluding hydrogens is 246 g/mol. The van der Waals surface area contributed by atoms with E-state index in [4.69, 9.17) is 4.74 Å². The van der Waals surface area contributed by atoms with E-state index in [-0.39, 0.29) is 35.3 Å². The van der Waals surface area contributed by atoms with Crippen LogP contribution in [0.1, 0.15) is 0 Å². The zero-order valence-corrected chi connectivity index (χ0v) is 14.9. The lowest BCUT2D eigenvalue weighted by atomic mass is 10.6. The van der Waals surface area contributed by atoms with Crippen molar-refractivity contribution < 1.29 is 9.53 Å². The summed E-state index contributed by atoms with van der Waals surface area (Å²) in [5.74, 6) is -0.318. The van der Waals surface area contributed by atoms with E-state index in [9.17, 15) is 4.79 Å². The normalized spacial score (nSPS) is 12.6. The van der Waals surface area contributed by atoms with Gasteiger partial charge in [0.05, 0.1) is 26.7 Å². The van der Waals surface area contributed by atoms with Gasteiger partial charge in [0.1, 0.15) is 0 Å². The Balaban J connectivity index is 2.99. The smallest absolute Gasteiger partial charge is 0.330 e. The van der Waals surface area contributed by atoms with Gasteiger partial charge in [0, 0.05) is 6.08 Å². The van der Waals surface area contributed by atoms with Crippen LogP contribution in [0.4, 0.5) is 0 Å². The number of carbonyl (C=O) groups is 1. The fourth-order valence-corrected chi connectivity index (χ4v) is 8.84. The second-order valence-corrected chi connectivity index (χ2v) is 11.4. The van der Waals surface area contributed by atoms with Crippen molar-refractivity contribution in [1.29, 1.82) is 0 Å². The molecule has 82 valence electrons. The molecule has 0 rings (SSSR count). The van der Waals surface area contributed by atoms with Crippen LogP contribution in [0.5, 0.6) is 0 Å². The van der Waals surface area contributed by atoms with Crippen molar-refractivity contribution in [3.8, 4) is 0 Å². The topological polar surface area (TPSA) is 62.4 Å². The number of hydrogen-bond donors (Lipinski definition) is 3. The number of hydrogen-bond acceptors (Lipinski definition) is 5. The highest BCUT2D eigenvalue weighted by atomic mass is 28.3. The minimum atomic E-state index is -0.318. The molecule has 0 spiro atoms. The maximum absolute atomic E-state index is 10.6. The molecule has 0 aromatic rings. The fraction of sp³-hybridized carbons (Fsp3) is 0.400. The molecule has 0 aromatic carbocycles. The lowest BCUT2D eigenvalue weighted by Crippen LogP contribution is -2.42. The van der Waals surface area contributed by atoms with Gasteiger partial charge in [-0.1, -0.05) is 6.58 Å². The molecule has 0 saturated carbocycles. The Morgan fingerprint density at radius 2 is 2.29 bits per heavy atom. The number of esters is 1. The molecule has 0 heterocycles. The summed E-state index contributed by atoms with van der Waals surface area (Å²) in [5.41, 5.74) is 0. The first-order valence-electron chi connectivity index (χ1n) is 4.66. The summed E-state index contributed by atoms with van der Waals surface area (Å²) in [5, 5.41) is 0. The molecule has 0 aliphatic carbocycles. The maximum atomic E-state index is 10.6. The molecule has 0 bridgehead atoms. The van der Waals surface area contributed by atoms with Crippen LogP contribution in [0.3, 0.4) is 0 Å². The lowest BCUT2D eigenvalue weighted by molar-refractivity contribution is -0.137. The lowest BCUT2D eigenvalue weighted by Gasteiger charge is -2.04. The van der Waals surface area contributed by atoms with Crippen LogP contribution in [-0.2, 0) is 9.53 Å². The summed E-state index contributed by atoms with van der Waals surface area (Å²) < 4.78 is 15.1. The molecule has 0 aromatic heterocycles. The van der Waals surface area contributed by atoms with Crippen molar-refractivity contribution in [2.24, 2.45) is 0 Å². The van der Waals surface area contributed by atoms with Crippen LogP contribution >= 0.6 is 0 Å². The average Bonchev–Trinajstić information content (AvgIpc) is 2.21. The number of carbonyl (C=O) groups excluding carboxylic acids is 1. The molecule has 3 N–H and O–H groups in total. The number of nitrogens with one attached hydrogen (secondary N) is 3. The SMILES string of the molecule is C=CC(=O)OCC[SiH2]N[SiH2]N[SiH2]N[SiH3]. The largest absolute Gasteiger partial charge is 0.463 e. The van der Waals surface area contributed by atoms with E-state index in [0.29, 0.717) is 6.61 Å². The minimum Gasteiger partial charge on any atom is -0.463 e. The van der Waals surface area contributed by atoms with E-state index in [2.05, 4.69) is 20.5 Å². The zero-order chi connectivity index (χ0) is 10.6. The Kier molecular flexibility index (Phi) is 11.0. The first kappa shape index (κ1) is 14.0. The van der Waals surface area contributed by atoms with Crippen LogP contribution in [0, 0.1) is 0 Å². The Labute approximate surface area is 94.8 Å². The molecule has 14 heavy (non-hydrogen) atoms. The van der Waals surface area contributed by atoms with Crippen LogP contribution in [0.25, 0.3) is 0 Å². The third kappa shape index (κ3) is 10.0. The molecule has 0 saturated heterocycles. The molecule has 0 fully saturated rings. The van der Waals surface area contributed by atoms with Crippen molar-refractivity contribution in [2.75, 3.05) is 6.61 Å². The summed E-state index contributed by atoms with van der Waals surface area (Å²) in [7, 11) is 0.492. The third-order valence-electron chi connectivity index (χ3n) is 1.46. The van der Waals surface area contributed by atoms with Crippen molar-refractivity contribution in [1.82, 2.24) is 13.9 Å². The molecule has 5 nitrogen and oxygen atoms in total. The van der Waals surface area contributed by atoms with E-state index >= 15 is 0 Å². The van der Waals surface area contributed by atoms with E-state index in [1.165, 1.54) is 6.08 Å². The van der Waals surface area contributed by atoms with Gasteiger partial charge in [-0.05, 0) is 6.04 Å². The summed E-state index contributed by atoms with van der Waals surface area (Å²) >= 11 is 0. The van der Waals surface area contributed by atoms with Gasteiger partial charge in [0.15, 0.2) is 19.7 Å². The van der Waals surface area contributed by atoms with Crippen LogP contribution < -0.4 is 13.9 Å². The van der Waals surface area contributed by atoms with E-state index in [0.717, 1.165) is 16.4 Å². The van der Waals surface area contributed by atoms with Crippen LogP contribution in [0.2, 0.25) is 6.04 Å². The van der Waals surface area contributed by atoms with Gasteiger partial charge < -0.3 is 18.7 Å². The summed E-state index contributed by atoms with van der Waals surface area (Å²) in [6.07, 6.45) is 1.20. The first-order chi connectivity index (χ1) is 6.81. The Morgan fingerprint density at radius 3 is 2.93 bits per heavy atom. The third-order valence-corrected chi connectivity index (χ3v) is 7.93. The number of rotatable bonds is 9. The Morgan fingerprint density at radius 1 is 1.50 bits per heavy atom. The zero-order valence-electron chi connectivity index (χ0n) is 8.64. The maximum Gasteiger partial charge on any atom is 0.330 e. The molecule has 9 heteroatoms. The minimum absolute atomic E-state index is 0.150. The molecule has 0 amide bonds. The van der Waals surface area contributed by atoms with E-state index in [1.807, 2.05) is 0 Å². The molecular formula is C5H19N3O2Si4. The fourth-order valence-electron chi connectivity index (χ4n) is 0.793. The van der Waals surface area contributed by atoms with E-state index in [1.54, 1.807) is 0 Å². The molecule has 0 atom stereocenters. The van der Waals surface area contributed by atoms with Gasteiger partial charge in [-0.3, -0.25) is 0 Å². The monoisotopic (exact) mass is 265 g/mol.